The summed E-state index contributed by atoms with van der Waals surface area (Å²) in [6, 6.07) is 0.0291. The van der Waals surface area contributed by atoms with Gasteiger partial charge in [0.05, 0.1) is 17.6 Å². The quantitative estimate of drug-likeness (QED) is 0.731. The van der Waals surface area contributed by atoms with Crippen LogP contribution < -0.4 is 5.32 Å². The third kappa shape index (κ3) is 4.95. The topological polar surface area (TPSA) is 55.4 Å². The minimum atomic E-state index is -2.97. The molecule has 4 nitrogen and oxygen atoms in total. The maximum absolute atomic E-state index is 11.8. The zero-order valence-corrected chi connectivity index (χ0v) is 10.3. The summed E-state index contributed by atoms with van der Waals surface area (Å²) < 4.78 is 28.8. The highest BCUT2D eigenvalue weighted by atomic mass is 32.2. The van der Waals surface area contributed by atoms with E-state index < -0.39 is 9.84 Å². The van der Waals surface area contributed by atoms with Crippen molar-refractivity contribution < 1.29 is 13.2 Å². The van der Waals surface area contributed by atoms with E-state index in [1.54, 1.807) is 0 Å². The van der Waals surface area contributed by atoms with Gasteiger partial charge in [0.1, 0.15) is 0 Å². The molecule has 1 aliphatic rings. The van der Waals surface area contributed by atoms with Crippen LogP contribution in [0.25, 0.3) is 0 Å². The van der Waals surface area contributed by atoms with Gasteiger partial charge < -0.3 is 10.1 Å². The van der Waals surface area contributed by atoms with Crippen molar-refractivity contribution in [2.45, 2.75) is 38.8 Å². The van der Waals surface area contributed by atoms with Crippen molar-refractivity contribution in [2.24, 2.45) is 0 Å². The number of ether oxygens (including phenoxy) is 1. The zero-order chi connectivity index (χ0) is 11.3. The second-order valence-electron chi connectivity index (χ2n) is 4.17. The van der Waals surface area contributed by atoms with Crippen LogP contribution in [-0.2, 0) is 14.6 Å². The Balaban J connectivity index is 2.37. The van der Waals surface area contributed by atoms with Crippen molar-refractivity contribution in [2.75, 3.05) is 24.7 Å². The van der Waals surface area contributed by atoms with Crippen LogP contribution in [0.4, 0.5) is 0 Å². The van der Waals surface area contributed by atoms with Crippen LogP contribution >= 0.6 is 0 Å². The fourth-order valence-electron chi connectivity index (χ4n) is 1.92. The summed E-state index contributed by atoms with van der Waals surface area (Å²) in [4.78, 5) is 0. The average molecular weight is 235 g/mol. The molecule has 1 rings (SSSR count). The summed E-state index contributed by atoms with van der Waals surface area (Å²) in [6.07, 6.45) is 1.81. The van der Waals surface area contributed by atoms with Crippen LogP contribution in [0.1, 0.15) is 26.7 Å². The van der Waals surface area contributed by atoms with E-state index in [-0.39, 0.29) is 23.7 Å². The van der Waals surface area contributed by atoms with E-state index >= 15 is 0 Å². The Morgan fingerprint density at radius 2 is 2.27 bits per heavy atom. The minimum Gasteiger partial charge on any atom is -0.377 e. The fourth-order valence-corrected chi connectivity index (χ4v) is 3.76. The molecule has 90 valence electrons. The first-order valence-corrected chi connectivity index (χ1v) is 7.41. The molecule has 0 bridgehead atoms. The van der Waals surface area contributed by atoms with E-state index in [1.807, 2.05) is 13.8 Å². The van der Waals surface area contributed by atoms with E-state index in [4.69, 9.17) is 4.74 Å². The summed E-state index contributed by atoms with van der Waals surface area (Å²) in [6.45, 7) is 5.39. The van der Waals surface area contributed by atoms with Gasteiger partial charge >= 0.3 is 0 Å². The first-order valence-electron chi connectivity index (χ1n) is 5.59. The molecule has 0 aromatic rings. The monoisotopic (exact) mass is 235 g/mol. The molecule has 15 heavy (non-hydrogen) atoms. The number of hydrogen-bond acceptors (Lipinski definition) is 4. The molecule has 0 saturated carbocycles. The first kappa shape index (κ1) is 12.9. The van der Waals surface area contributed by atoms with Crippen molar-refractivity contribution in [1.29, 1.82) is 0 Å². The Bertz CT molecular complexity index is 270. The second kappa shape index (κ2) is 5.82. The molecular formula is C10H21NO3S. The standard InChI is InChI=1S/C10H21NO3S/c1-3-11-9(2)7-15(12,13)8-10-5-4-6-14-10/h9-11H,3-8H2,1-2H3. The van der Waals surface area contributed by atoms with E-state index in [2.05, 4.69) is 5.32 Å². The highest BCUT2D eigenvalue weighted by Crippen LogP contribution is 2.14. The zero-order valence-electron chi connectivity index (χ0n) is 9.53. The van der Waals surface area contributed by atoms with Gasteiger partial charge in [-0.2, -0.15) is 0 Å². The summed E-state index contributed by atoms with van der Waals surface area (Å²) in [5.74, 6) is 0.392. The largest absolute Gasteiger partial charge is 0.377 e. The van der Waals surface area contributed by atoms with Crippen molar-refractivity contribution in [3.05, 3.63) is 0 Å². The van der Waals surface area contributed by atoms with Gasteiger partial charge in [0.25, 0.3) is 0 Å². The van der Waals surface area contributed by atoms with Crippen molar-refractivity contribution in [3.63, 3.8) is 0 Å². The molecule has 1 heterocycles. The van der Waals surface area contributed by atoms with Crippen LogP contribution in [0.3, 0.4) is 0 Å². The first-order chi connectivity index (χ1) is 7.03. The Morgan fingerprint density at radius 1 is 1.53 bits per heavy atom. The van der Waals surface area contributed by atoms with E-state index in [0.29, 0.717) is 6.61 Å². The molecule has 1 aliphatic heterocycles. The van der Waals surface area contributed by atoms with Crippen molar-refractivity contribution in [1.82, 2.24) is 5.32 Å². The molecule has 0 spiro atoms. The fraction of sp³-hybridized carbons (Fsp3) is 1.00. The predicted molar refractivity (Wildman–Crippen MR) is 60.8 cm³/mol. The van der Waals surface area contributed by atoms with Gasteiger partial charge in [-0.15, -0.1) is 0 Å². The Morgan fingerprint density at radius 3 is 2.80 bits per heavy atom. The van der Waals surface area contributed by atoms with Crippen molar-refractivity contribution >= 4 is 9.84 Å². The Kier molecular flexibility index (Phi) is 5.02. The molecule has 1 fully saturated rings. The summed E-state index contributed by atoms with van der Waals surface area (Å²) in [5.41, 5.74) is 0. The van der Waals surface area contributed by atoms with E-state index in [9.17, 15) is 8.42 Å². The molecule has 2 atom stereocenters. The SMILES string of the molecule is CCNC(C)CS(=O)(=O)CC1CCCO1. The van der Waals surface area contributed by atoms with Gasteiger partial charge in [0.15, 0.2) is 9.84 Å². The normalized spacial score (nSPS) is 24.3. The molecular weight excluding hydrogens is 214 g/mol. The molecule has 1 saturated heterocycles. The third-order valence-corrected chi connectivity index (χ3v) is 4.41. The number of hydrogen-bond donors (Lipinski definition) is 1. The van der Waals surface area contributed by atoms with Gasteiger partial charge in [-0.3, -0.25) is 0 Å². The van der Waals surface area contributed by atoms with Gasteiger partial charge in [0.2, 0.25) is 0 Å². The van der Waals surface area contributed by atoms with Crippen molar-refractivity contribution in [3.8, 4) is 0 Å². The lowest BCUT2D eigenvalue weighted by atomic mass is 10.3. The molecule has 0 amide bonds. The Labute approximate surface area is 92.3 Å². The Hall–Kier alpha value is -0.130. The molecule has 1 N–H and O–H groups in total. The average Bonchev–Trinajstić information content (AvgIpc) is 2.54. The molecule has 0 radical (unpaired) electrons. The summed E-state index contributed by atoms with van der Waals surface area (Å²) in [7, 11) is -2.97. The van der Waals surface area contributed by atoms with Crippen LogP contribution in [0.2, 0.25) is 0 Å². The third-order valence-electron chi connectivity index (χ3n) is 2.52. The predicted octanol–water partition coefficient (Wildman–Crippen LogP) is 0.578. The molecule has 0 aromatic carbocycles. The van der Waals surface area contributed by atoms with Gasteiger partial charge in [0, 0.05) is 12.6 Å². The lowest BCUT2D eigenvalue weighted by Crippen LogP contribution is -2.35. The highest BCUT2D eigenvalue weighted by Gasteiger charge is 2.24. The van der Waals surface area contributed by atoms with Crippen LogP contribution in [0.5, 0.6) is 0 Å². The van der Waals surface area contributed by atoms with E-state index in [1.165, 1.54) is 0 Å². The van der Waals surface area contributed by atoms with E-state index in [0.717, 1.165) is 19.4 Å². The van der Waals surface area contributed by atoms with Crippen LogP contribution in [0, 0.1) is 0 Å². The summed E-state index contributed by atoms with van der Waals surface area (Å²) >= 11 is 0. The molecule has 0 aliphatic carbocycles. The maximum atomic E-state index is 11.8. The molecule has 5 heteroatoms. The van der Waals surface area contributed by atoms with Gasteiger partial charge in [-0.05, 0) is 26.3 Å². The smallest absolute Gasteiger partial charge is 0.154 e. The molecule has 2 unspecified atom stereocenters. The van der Waals surface area contributed by atoms with Crippen LogP contribution in [0.15, 0.2) is 0 Å². The number of sulfone groups is 1. The molecule has 0 aromatic heterocycles. The number of rotatable bonds is 6. The summed E-state index contributed by atoms with van der Waals surface area (Å²) in [5, 5.41) is 3.11. The highest BCUT2D eigenvalue weighted by molar-refractivity contribution is 7.91. The maximum Gasteiger partial charge on any atom is 0.154 e. The minimum absolute atomic E-state index is 0.0291. The lowest BCUT2D eigenvalue weighted by molar-refractivity contribution is 0.127. The van der Waals surface area contributed by atoms with Gasteiger partial charge in [-0.25, -0.2) is 8.42 Å². The van der Waals surface area contributed by atoms with Gasteiger partial charge in [-0.1, -0.05) is 6.92 Å². The lowest BCUT2D eigenvalue weighted by Gasteiger charge is -2.14. The van der Waals surface area contributed by atoms with Crippen LogP contribution in [-0.4, -0.2) is 45.2 Å². The second-order valence-corrected chi connectivity index (χ2v) is 6.32. The number of nitrogens with one attached hydrogen (secondary N) is 1.